The largest absolute Gasteiger partial charge is 0.482 e. The molecule has 42 heavy (non-hydrogen) atoms. The summed E-state index contributed by atoms with van der Waals surface area (Å²) in [4.78, 5) is 18.4. The minimum absolute atomic E-state index is 0.0125. The molecule has 0 aliphatic heterocycles. The van der Waals surface area contributed by atoms with Gasteiger partial charge in [-0.25, -0.2) is 9.78 Å². The number of pyridine rings is 1. The van der Waals surface area contributed by atoms with Crippen molar-refractivity contribution in [2.24, 2.45) is 0 Å². The summed E-state index contributed by atoms with van der Waals surface area (Å²) < 4.78 is 10.5. The lowest BCUT2D eigenvalue weighted by Gasteiger charge is -2.14. The van der Waals surface area contributed by atoms with Crippen molar-refractivity contribution in [2.75, 3.05) is 13.7 Å². The number of nitrogens with zero attached hydrogens (tertiary/aromatic N) is 1. The van der Waals surface area contributed by atoms with Crippen molar-refractivity contribution in [1.82, 2.24) is 4.98 Å². The molecule has 0 atom stereocenters. The Morgan fingerprint density at radius 3 is 1.93 bits per heavy atom. The van der Waals surface area contributed by atoms with Crippen LogP contribution in [0.4, 0.5) is 0 Å². The lowest BCUT2D eigenvalue weighted by Crippen LogP contribution is -2.13. The van der Waals surface area contributed by atoms with Gasteiger partial charge < -0.3 is 19.7 Å². The van der Waals surface area contributed by atoms with Gasteiger partial charge in [-0.15, -0.1) is 0 Å². The number of methoxy groups -OCH3 is 1. The van der Waals surface area contributed by atoms with Gasteiger partial charge in [0.25, 0.3) is 0 Å². The number of ether oxygens (including phenoxy) is 2. The van der Waals surface area contributed by atoms with Gasteiger partial charge in [0.1, 0.15) is 17.1 Å². The van der Waals surface area contributed by atoms with Crippen LogP contribution in [0.3, 0.4) is 0 Å². The zero-order chi connectivity index (χ0) is 29.3. The molecule has 0 radical (unpaired) electrons. The van der Waals surface area contributed by atoms with Crippen molar-refractivity contribution in [3.05, 3.63) is 118 Å². The van der Waals surface area contributed by atoms with Gasteiger partial charge in [0.05, 0.1) is 20.3 Å². The fourth-order valence-electron chi connectivity index (χ4n) is 4.55. The summed E-state index contributed by atoms with van der Waals surface area (Å²) in [5, 5.41) is 18.6. The van der Waals surface area contributed by atoms with E-state index >= 15 is 0 Å². The second-order valence-corrected chi connectivity index (χ2v) is 10.7. The third-order valence-corrected chi connectivity index (χ3v) is 7.82. The Balaban J connectivity index is 1.47. The first kappa shape index (κ1) is 29.0. The summed E-state index contributed by atoms with van der Waals surface area (Å²) in [5.41, 5.74) is 6.87. The maximum absolute atomic E-state index is 11.6. The normalized spacial score (nSPS) is 11.5. The van der Waals surface area contributed by atoms with Crippen LogP contribution in [-0.4, -0.2) is 34.9 Å². The molecular weight excluding hydrogens is 546 g/mol. The van der Waals surface area contributed by atoms with E-state index in [1.54, 1.807) is 11.8 Å². The van der Waals surface area contributed by atoms with E-state index in [1.165, 1.54) is 12.7 Å². The first-order valence-electron chi connectivity index (χ1n) is 13.5. The standard InChI is InChI=1S/C35H29NO5S/c1-40-35(39)23-41-33-17-18-34(32-4-2-3-31(32)33)42-30-19-28(15-13-24-5-9-26(21-37)10-6-24)36-29(20-30)16-14-25-7-11-27(22-38)12-8-25/h5-12,17-20,37-38H,2-4,21-23H2,1H3. The van der Waals surface area contributed by atoms with Crippen molar-refractivity contribution >= 4 is 17.7 Å². The van der Waals surface area contributed by atoms with E-state index in [4.69, 9.17) is 14.5 Å². The molecule has 0 saturated carbocycles. The molecule has 0 amide bonds. The van der Waals surface area contributed by atoms with Gasteiger partial charge in [-0.1, -0.05) is 47.9 Å². The summed E-state index contributed by atoms with van der Waals surface area (Å²) >= 11 is 1.63. The second kappa shape index (κ2) is 13.9. The van der Waals surface area contributed by atoms with E-state index in [1.807, 2.05) is 72.8 Å². The van der Waals surface area contributed by atoms with Crippen LogP contribution < -0.4 is 4.74 Å². The number of hydrogen-bond acceptors (Lipinski definition) is 7. The van der Waals surface area contributed by atoms with Crippen LogP contribution in [0.1, 0.15) is 51.2 Å². The van der Waals surface area contributed by atoms with Crippen molar-refractivity contribution in [2.45, 2.75) is 42.3 Å². The number of aromatic nitrogens is 1. The molecule has 7 heteroatoms. The van der Waals surface area contributed by atoms with Crippen molar-refractivity contribution in [3.8, 4) is 29.4 Å². The Hall–Kier alpha value is -4.53. The molecule has 210 valence electrons. The van der Waals surface area contributed by atoms with Gasteiger partial charge in [0, 0.05) is 20.9 Å². The highest BCUT2D eigenvalue weighted by Crippen LogP contribution is 2.40. The Kier molecular flexibility index (Phi) is 9.59. The van der Waals surface area contributed by atoms with Crippen LogP contribution in [-0.2, 0) is 35.6 Å². The van der Waals surface area contributed by atoms with Gasteiger partial charge in [0.2, 0.25) is 0 Å². The molecule has 4 aromatic rings. The van der Waals surface area contributed by atoms with E-state index in [0.717, 1.165) is 62.6 Å². The van der Waals surface area contributed by atoms with Crippen LogP contribution >= 0.6 is 11.8 Å². The van der Waals surface area contributed by atoms with Gasteiger partial charge in [-0.2, -0.15) is 0 Å². The second-order valence-electron chi connectivity index (χ2n) is 9.62. The molecule has 0 fully saturated rings. The van der Waals surface area contributed by atoms with Gasteiger partial charge in [-0.05, 0) is 102 Å². The third-order valence-electron chi connectivity index (χ3n) is 6.74. The molecular formula is C35H29NO5S. The number of aliphatic hydroxyl groups is 2. The summed E-state index contributed by atoms with van der Waals surface area (Å²) in [5.74, 6) is 13.0. The highest BCUT2D eigenvalue weighted by atomic mass is 32.2. The molecule has 0 saturated heterocycles. The predicted molar refractivity (Wildman–Crippen MR) is 161 cm³/mol. The topological polar surface area (TPSA) is 88.9 Å². The van der Waals surface area contributed by atoms with Crippen molar-refractivity contribution in [1.29, 1.82) is 0 Å². The highest BCUT2D eigenvalue weighted by Gasteiger charge is 2.21. The Morgan fingerprint density at radius 2 is 1.38 bits per heavy atom. The van der Waals surface area contributed by atoms with Crippen LogP contribution in [0.5, 0.6) is 5.75 Å². The molecule has 1 aliphatic carbocycles. The number of esters is 1. The molecule has 1 heterocycles. The minimum atomic E-state index is -0.409. The molecule has 0 spiro atoms. The summed E-state index contributed by atoms with van der Waals surface area (Å²) in [6, 6.07) is 22.8. The molecule has 1 aliphatic rings. The lowest BCUT2D eigenvalue weighted by molar-refractivity contribution is -0.142. The zero-order valence-corrected chi connectivity index (χ0v) is 24.0. The van der Waals surface area contributed by atoms with Crippen LogP contribution in [0, 0.1) is 23.7 Å². The van der Waals surface area contributed by atoms with E-state index in [0.29, 0.717) is 11.4 Å². The summed E-state index contributed by atoms with van der Waals surface area (Å²) in [7, 11) is 1.35. The van der Waals surface area contributed by atoms with Gasteiger partial charge in [0.15, 0.2) is 6.61 Å². The highest BCUT2D eigenvalue weighted by molar-refractivity contribution is 7.99. The first-order chi connectivity index (χ1) is 20.5. The van der Waals surface area contributed by atoms with Crippen LogP contribution in [0.2, 0.25) is 0 Å². The smallest absolute Gasteiger partial charge is 0.343 e. The Labute approximate surface area is 249 Å². The zero-order valence-electron chi connectivity index (χ0n) is 23.1. The summed E-state index contributed by atoms with van der Waals surface area (Å²) in [6.45, 7) is -0.141. The van der Waals surface area contributed by atoms with Crippen molar-refractivity contribution < 1.29 is 24.5 Å². The SMILES string of the molecule is COC(=O)COc1ccc(Sc2cc(C#Cc3ccc(CO)cc3)nc(C#Cc3ccc(CO)cc3)c2)c2c1CCC2. The summed E-state index contributed by atoms with van der Waals surface area (Å²) in [6.07, 6.45) is 2.86. The first-order valence-corrected chi connectivity index (χ1v) is 14.3. The molecule has 3 aromatic carbocycles. The van der Waals surface area contributed by atoms with E-state index in [-0.39, 0.29) is 19.8 Å². The Bertz CT molecular complexity index is 1620. The average molecular weight is 576 g/mol. The maximum Gasteiger partial charge on any atom is 0.343 e. The molecule has 2 N–H and O–H groups in total. The monoisotopic (exact) mass is 575 g/mol. The maximum atomic E-state index is 11.6. The predicted octanol–water partition coefficient (Wildman–Crippen LogP) is 5.06. The van der Waals surface area contributed by atoms with E-state index < -0.39 is 5.97 Å². The number of fused-ring (bicyclic) bond motifs is 1. The number of rotatable bonds is 7. The number of hydrogen-bond donors (Lipinski definition) is 2. The van der Waals surface area contributed by atoms with Crippen molar-refractivity contribution in [3.63, 3.8) is 0 Å². The molecule has 0 bridgehead atoms. The number of carbonyl (C=O) groups is 1. The van der Waals surface area contributed by atoms with Gasteiger partial charge in [-0.3, -0.25) is 0 Å². The quantitative estimate of drug-likeness (QED) is 0.235. The molecule has 0 unspecified atom stereocenters. The minimum Gasteiger partial charge on any atom is -0.482 e. The van der Waals surface area contributed by atoms with E-state index in [2.05, 4.69) is 23.7 Å². The Morgan fingerprint density at radius 1 is 0.810 bits per heavy atom. The fraction of sp³-hybridized carbons (Fsp3) is 0.200. The third kappa shape index (κ3) is 7.40. The van der Waals surface area contributed by atoms with E-state index in [9.17, 15) is 15.0 Å². The lowest BCUT2D eigenvalue weighted by atomic mass is 10.1. The number of carbonyl (C=O) groups excluding carboxylic acids is 1. The number of benzene rings is 3. The average Bonchev–Trinajstić information content (AvgIpc) is 3.54. The fourth-order valence-corrected chi connectivity index (χ4v) is 5.62. The van der Waals surface area contributed by atoms with Gasteiger partial charge >= 0.3 is 5.97 Å². The molecule has 5 rings (SSSR count). The van der Waals surface area contributed by atoms with Crippen LogP contribution in [0.25, 0.3) is 0 Å². The molecule has 1 aromatic heterocycles. The number of aliphatic hydroxyl groups excluding tert-OH is 2. The van der Waals surface area contributed by atoms with Crippen LogP contribution in [0.15, 0.2) is 82.6 Å². The molecule has 6 nitrogen and oxygen atoms in total.